The van der Waals surface area contributed by atoms with Gasteiger partial charge in [0, 0.05) is 60.9 Å². The van der Waals surface area contributed by atoms with E-state index in [0.717, 1.165) is 52.3 Å². The normalized spacial score (nSPS) is 21.0. The van der Waals surface area contributed by atoms with E-state index >= 15 is 0 Å². The first kappa shape index (κ1) is 33.0. The minimum Gasteiger partial charge on any atom is -0.498 e. The average molecular weight is 711 g/mol. The SMILES string of the molecule is COC1=CC2=C(CC1OCc1cc([NH3+])cc(COc3cc4c(cc3OC)C(=O)N3c5ccccc5C[C@H]3C=N4)c1)NC[C@@H]1Cc3ccccc3N1C2=O. The molecule has 53 heavy (non-hydrogen) atoms. The number of anilines is 2. The minimum atomic E-state index is -0.371. The number of quaternary nitrogens is 1. The van der Waals surface area contributed by atoms with Crippen molar-refractivity contribution in [3.8, 4) is 11.5 Å². The van der Waals surface area contributed by atoms with Crippen LogP contribution < -0.4 is 30.3 Å². The predicted molar refractivity (Wildman–Crippen MR) is 200 cm³/mol. The van der Waals surface area contributed by atoms with Crippen molar-refractivity contribution in [3.05, 3.63) is 130 Å². The molecule has 3 atom stereocenters. The van der Waals surface area contributed by atoms with Gasteiger partial charge in [-0.05, 0) is 59.0 Å². The molecule has 11 heteroatoms. The first-order valence-electron chi connectivity index (χ1n) is 17.9. The maximum absolute atomic E-state index is 13.9. The van der Waals surface area contributed by atoms with Crippen LogP contribution in [-0.4, -0.2) is 57.0 Å². The van der Waals surface area contributed by atoms with Gasteiger partial charge in [-0.3, -0.25) is 19.5 Å². The van der Waals surface area contributed by atoms with Crippen molar-refractivity contribution >= 4 is 40.8 Å². The number of hydrogen-bond acceptors (Lipinski definition) is 8. The van der Waals surface area contributed by atoms with Gasteiger partial charge in [0.2, 0.25) is 0 Å². The second-order valence-corrected chi connectivity index (χ2v) is 14.0. The highest BCUT2D eigenvalue weighted by atomic mass is 16.5. The van der Waals surface area contributed by atoms with Crippen molar-refractivity contribution < 1.29 is 34.3 Å². The fourth-order valence-corrected chi connectivity index (χ4v) is 8.23. The molecular weight excluding hydrogens is 670 g/mol. The van der Waals surface area contributed by atoms with Crippen LogP contribution in [0.2, 0.25) is 0 Å². The van der Waals surface area contributed by atoms with Gasteiger partial charge in [-0.15, -0.1) is 0 Å². The van der Waals surface area contributed by atoms with E-state index in [1.54, 1.807) is 26.4 Å². The van der Waals surface area contributed by atoms with Crippen LogP contribution in [0.15, 0.2) is 107 Å². The summed E-state index contributed by atoms with van der Waals surface area (Å²) in [6, 6.07) is 25.5. The van der Waals surface area contributed by atoms with Crippen LogP contribution in [-0.2, 0) is 40.3 Å². The van der Waals surface area contributed by atoms with Gasteiger partial charge >= 0.3 is 0 Å². The van der Waals surface area contributed by atoms with Gasteiger partial charge in [0.1, 0.15) is 24.2 Å². The van der Waals surface area contributed by atoms with Gasteiger partial charge in [-0.25, -0.2) is 0 Å². The van der Waals surface area contributed by atoms with Crippen LogP contribution in [0.4, 0.5) is 22.7 Å². The van der Waals surface area contributed by atoms with Crippen molar-refractivity contribution in [1.82, 2.24) is 5.32 Å². The molecule has 1 aliphatic carbocycles. The largest absolute Gasteiger partial charge is 0.498 e. The third kappa shape index (κ3) is 5.82. The van der Waals surface area contributed by atoms with Crippen molar-refractivity contribution in [1.29, 1.82) is 0 Å². The molecule has 4 heterocycles. The number of ether oxygens (including phenoxy) is 4. The highest BCUT2D eigenvalue weighted by molar-refractivity contribution is 6.15. The Hall–Kier alpha value is -5.91. The fraction of sp³-hybridized carbons (Fsp3) is 0.262. The number of aliphatic imine (C=N–C) groups is 1. The van der Waals surface area contributed by atoms with Gasteiger partial charge in [0.05, 0.1) is 49.7 Å². The van der Waals surface area contributed by atoms with Gasteiger partial charge in [0.25, 0.3) is 11.8 Å². The number of hydrogen-bond donors (Lipinski definition) is 2. The lowest BCUT2D eigenvalue weighted by Gasteiger charge is -2.27. The van der Waals surface area contributed by atoms with E-state index in [1.165, 1.54) is 5.56 Å². The number of para-hydroxylation sites is 2. The summed E-state index contributed by atoms with van der Waals surface area (Å²) in [5, 5.41) is 3.56. The molecule has 5 aliphatic rings. The second kappa shape index (κ2) is 13.3. The number of amides is 2. The second-order valence-electron chi connectivity index (χ2n) is 14.0. The molecule has 0 fully saturated rings. The van der Waals surface area contributed by atoms with Gasteiger partial charge in [0.15, 0.2) is 11.5 Å². The minimum absolute atomic E-state index is 0.0158. The Morgan fingerprint density at radius 2 is 1.55 bits per heavy atom. The molecule has 2 amide bonds. The van der Waals surface area contributed by atoms with Crippen molar-refractivity contribution in [3.63, 3.8) is 0 Å². The maximum atomic E-state index is 13.9. The Balaban J connectivity index is 0.891. The maximum Gasteiger partial charge on any atom is 0.261 e. The number of methoxy groups -OCH3 is 2. The lowest BCUT2D eigenvalue weighted by atomic mass is 9.98. The third-order valence-electron chi connectivity index (χ3n) is 10.7. The van der Waals surface area contributed by atoms with Gasteiger partial charge < -0.3 is 34.9 Å². The molecule has 0 saturated heterocycles. The topological polar surface area (TPSA) is 130 Å². The van der Waals surface area contributed by atoms with Crippen LogP contribution in [0.3, 0.4) is 0 Å². The van der Waals surface area contributed by atoms with Crippen molar-refractivity contribution in [2.24, 2.45) is 4.99 Å². The van der Waals surface area contributed by atoms with Crippen LogP contribution in [0.1, 0.15) is 39.0 Å². The molecule has 4 N–H and O–H groups in total. The Morgan fingerprint density at radius 1 is 0.811 bits per heavy atom. The molecule has 0 spiro atoms. The van der Waals surface area contributed by atoms with Crippen LogP contribution in [0.25, 0.3) is 0 Å². The van der Waals surface area contributed by atoms with Gasteiger partial charge in [-0.1, -0.05) is 36.4 Å². The zero-order valence-corrected chi connectivity index (χ0v) is 29.6. The lowest BCUT2D eigenvalue weighted by Crippen LogP contribution is -2.40. The highest BCUT2D eigenvalue weighted by Crippen LogP contribution is 2.42. The van der Waals surface area contributed by atoms with E-state index in [0.29, 0.717) is 53.7 Å². The van der Waals surface area contributed by atoms with Gasteiger partial charge in [-0.2, -0.15) is 0 Å². The van der Waals surface area contributed by atoms with E-state index < -0.39 is 0 Å². The van der Waals surface area contributed by atoms with Crippen molar-refractivity contribution in [2.45, 2.75) is 50.7 Å². The summed E-state index contributed by atoms with van der Waals surface area (Å²) in [5.74, 6) is 1.42. The Labute approximate surface area is 307 Å². The average Bonchev–Trinajstić information content (AvgIpc) is 3.67. The standard InChI is InChI=1S/C42H39N5O6/c1-50-37-16-31-33(44-20-29-14-26-7-3-5-9-35(26)46(29)41(31)48)18-39(37)52-22-24-11-25(13-28(43)12-24)23-53-40-19-34-32(17-38(40)51-2)42(49)47-30(21-45-34)15-27-8-4-6-10-36(27)47/h3-13,16-18,20,29-30,40,45H,14-15,19,21-23,43H2,1-2H3/p+1/t29-,30-,40?/m0/s1. The summed E-state index contributed by atoms with van der Waals surface area (Å²) in [4.78, 5) is 36.1. The molecule has 9 rings (SSSR count). The first-order valence-corrected chi connectivity index (χ1v) is 17.9. The smallest absolute Gasteiger partial charge is 0.261 e. The van der Waals surface area contributed by atoms with E-state index in [9.17, 15) is 9.59 Å². The Bertz CT molecular complexity index is 2260. The number of carbonyl (C=O) groups is 2. The van der Waals surface area contributed by atoms with Crippen LogP contribution in [0, 0.1) is 0 Å². The lowest BCUT2D eigenvalue weighted by molar-refractivity contribution is -0.255. The predicted octanol–water partition coefficient (Wildman–Crippen LogP) is 5.07. The monoisotopic (exact) mass is 710 g/mol. The van der Waals surface area contributed by atoms with E-state index in [1.807, 2.05) is 76.7 Å². The fourth-order valence-electron chi connectivity index (χ4n) is 8.23. The summed E-state index contributed by atoms with van der Waals surface area (Å²) in [7, 11) is 3.18. The number of carbonyl (C=O) groups excluding carboxylic acids is 2. The molecule has 4 aromatic carbocycles. The molecule has 1 unspecified atom stereocenters. The van der Waals surface area contributed by atoms with Crippen LogP contribution >= 0.6 is 0 Å². The molecule has 4 aromatic rings. The van der Waals surface area contributed by atoms with Crippen molar-refractivity contribution in [2.75, 3.05) is 30.6 Å². The number of rotatable bonds is 8. The molecule has 0 radical (unpaired) electrons. The molecule has 0 saturated carbocycles. The van der Waals surface area contributed by atoms with Crippen LogP contribution in [0.5, 0.6) is 11.5 Å². The summed E-state index contributed by atoms with van der Waals surface area (Å²) in [5.41, 5.74) is 13.6. The summed E-state index contributed by atoms with van der Waals surface area (Å²) in [6.45, 7) is 1.21. The molecule has 11 nitrogen and oxygen atoms in total. The number of nitrogens with one attached hydrogen (secondary N) is 1. The summed E-state index contributed by atoms with van der Waals surface area (Å²) >= 11 is 0. The molecule has 4 aliphatic heterocycles. The summed E-state index contributed by atoms with van der Waals surface area (Å²) < 4.78 is 24.3. The van der Waals surface area contributed by atoms with E-state index in [-0.39, 0.29) is 36.6 Å². The number of fused-ring (bicyclic) bond motifs is 7. The molecular formula is C42H40N5O6+. The highest BCUT2D eigenvalue weighted by Gasteiger charge is 2.40. The number of benzene rings is 4. The Morgan fingerprint density at radius 3 is 2.32 bits per heavy atom. The molecule has 268 valence electrons. The third-order valence-corrected chi connectivity index (χ3v) is 10.7. The summed E-state index contributed by atoms with van der Waals surface area (Å²) in [6.07, 6.45) is 5.35. The zero-order chi connectivity index (χ0) is 36.2. The number of nitrogens with zero attached hydrogens (tertiary/aromatic N) is 3. The molecule has 0 bridgehead atoms. The Kier molecular flexibility index (Phi) is 8.24. The molecule has 0 aromatic heterocycles. The first-order chi connectivity index (χ1) is 25.9. The zero-order valence-electron chi connectivity index (χ0n) is 29.6. The van der Waals surface area contributed by atoms with E-state index in [2.05, 4.69) is 23.2 Å². The quantitative estimate of drug-likeness (QED) is 0.261. The van der Waals surface area contributed by atoms with E-state index in [4.69, 9.17) is 23.9 Å².